The van der Waals surface area contributed by atoms with E-state index in [-0.39, 0.29) is 13.1 Å². The summed E-state index contributed by atoms with van der Waals surface area (Å²) >= 11 is 0. The average Bonchev–Trinajstić information content (AvgIpc) is 1.73. The number of likely N-dealkylation sites (N-methyl/N-ethyl adjacent to an activating group) is 1. The molecule has 1 atom stereocenters. The summed E-state index contributed by atoms with van der Waals surface area (Å²) in [6.07, 6.45) is 0. The Hall–Kier alpha value is -0.220. The summed E-state index contributed by atoms with van der Waals surface area (Å²) in [5.41, 5.74) is 4.01. The fourth-order valence-corrected chi connectivity index (χ4v) is 1.25. The standard InChI is InChI=1S/C6H12F2N2/c1-5(9)3-10(2)4-6(5,7)8/h3-4,9H2,1-2H3. The third kappa shape index (κ3) is 1.01. The van der Waals surface area contributed by atoms with Crippen LogP contribution >= 0.6 is 0 Å². The van der Waals surface area contributed by atoms with Gasteiger partial charge in [-0.15, -0.1) is 0 Å². The van der Waals surface area contributed by atoms with Crippen molar-refractivity contribution in [2.75, 3.05) is 20.1 Å². The van der Waals surface area contributed by atoms with Crippen LogP contribution < -0.4 is 5.73 Å². The molecule has 0 aliphatic carbocycles. The second-order valence-electron chi connectivity index (χ2n) is 3.29. The van der Waals surface area contributed by atoms with Crippen LogP contribution in [0.5, 0.6) is 0 Å². The Morgan fingerprint density at radius 1 is 1.40 bits per heavy atom. The summed E-state index contributed by atoms with van der Waals surface area (Å²) in [6.45, 7) is 1.43. The molecular weight excluding hydrogens is 138 g/mol. The van der Waals surface area contributed by atoms with Crippen LogP contribution in [0.2, 0.25) is 0 Å². The maximum atomic E-state index is 12.8. The normalized spacial score (nSPS) is 40.5. The summed E-state index contributed by atoms with van der Waals surface area (Å²) in [5, 5.41) is 0. The average molecular weight is 150 g/mol. The van der Waals surface area contributed by atoms with Crippen molar-refractivity contribution in [3.63, 3.8) is 0 Å². The highest BCUT2D eigenvalue weighted by molar-refractivity contribution is 5.03. The van der Waals surface area contributed by atoms with Crippen molar-refractivity contribution in [2.45, 2.75) is 18.4 Å². The van der Waals surface area contributed by atoms with E-state index in [9.17, 15) is 8.78 Å². The van der Waals surface area contributed by atoms with Crippen LogP contribution in [-0.2, 0) is 0 Å². The minimum absolute atomic E-state index is 0.222. The van der Waals surface area contributed by atoms with Crippen molar-refractivity contribution in [2.24, 2.45) is 5.73 Å². The number of rotatable bonds is 0. The highest BCUT2D eigenvalue weighted by atomic mass is 19.3. The Labute approximate surface area is 59.0 Å². The van der Waals surface area contributed by atoms with Gasteiger partial charge in [-0.25, -0.2) is 8.78 Å². The monoisotopic (exact) mass is 150 g/mol. The third-order valence-corrected chi connectivity index (χ3v) is 1.90. The molecule has 60 valence electrons. The Morgan fingerprint density at radius 3 is 2.00 bits per heavy atom. The molecule has 1 aliphatic rings. The molecule has 0 saturated carbocycles. The predicted molar refractivity (Wildman–Crippen MR) is 35.0 cm³/mol. The van der Waals surface area contributed by atoms with Gasteiger partial charge in [0.1, 0.15) is 0 Å². The highest BCUT2D eigenvalue weighted by Crippen LogP contribution is 2.33. The molecule has 0 amide bonds. The van der Waals surface area contributed by atoms with Crippen molar-refractivity contribution < 1.29 is 8.78 Å². The molecule has 1 fully saturated rings. The van der Waals surface area contributed by atoms with Crippen LogP contribution in [0.3, 0.4) is 0 Å². The van der Waals surface area contributed by atoms with Gasteiger partial charge in [0.15, 0.2) is 0 Å². The number of halogens is 2. The van der Waals surface area contributed by atoms with Crippen LogP contribution in [0.4, 0.5) is 8.78 Å². The molecule has 0 radical (unpaired) electrons. The van der Waals surface area contributed by atoms with E-state index in [4.69, 9.17) is 5.73 Å². The summed E-state index contributed by atoms with van der Waals surface area (Å²) < 4.78 is 25.6. The molecule has 1 unspecified atom stereocenters. The molecule has 0 aromatic heterocycles. The zero-order valence-corrected chi connectivity index (χ0v) is 6.19. The lowest BCUT2D eigenvalue weighted by Crippen LogP contribution is -2.52. The van der Waals surface area contributed by atoms with E-state index >= 15 is 0 Å². The molecule has 1 aliphatic heterocycles. The molecule has 2 N–H and O–H groups in total. The lowest BCUT2D eigenvalue weighted by molar-refractivity contribution is -0.0338. The molecule has 1 saturated heterocycles. The van der Waals surface area contributed by atoms with Crippen LogP contribution in [0.15, 0.2) is 0 Å². The van der Waals surface area contributed by atoms with Gasteiger partial charge in [0, 0.05) is 6.54 Å². The third-order valence-electron chi connectivity index (χ3n) is 1.90. The van der Waals surface area contributed by atoms with Crippen molar-refractivity contribution in [1.82, 2.24) is 4.90 Å². The lowest BCUT2D eigenvalue weighted by Gasteiger charge is -2.24. The van der Waals surface area contributed by atoms with Gasteiger partial charge in [0.05, 0.1) is 12.1 Å². The summed E-state index contributed by atoms with van der Waals surface area (Å²) in [7, 11) is 1.64. The molecule has 10 heavy (non-hydrogen) atoms. The van der Waals surface area contributed by atoms with E-state index < -0.39 is 11.5 Å². The Morgan fingerprint density at radius 2 is 1.90 bits per heavy atom. The number of likely N-dealkylation sites (tertiary alicyclic amines) is 1. The van der Waals surface area contributed by atoms with Gasteiger partial charge in [-0.2, -0.15) is 0 Å². The number of nitrogens with two attached hydrogens (primary N) is 1. The van der Waals surface area contributed by atoms with Crippen molar-refractivity contribution in [1.29, 1.82) is 0 Å². The molecule has 0 aromatic carbocycles. The molecule has 0 aromatic rings. The first-order valence-corrected chi connectivity index (χ1v) is 3.20. The second-order valence-corrected chi connectivity index (χ2v) is 3.29. The molecule has 1 heterocycles. The van der Waals surface area contributed by atoms with Gasteiger partial charge >= 0.3 is 0 Å². The topological polar surface area (TPSA) is 29.3 Å². The van der Waals surface area contributed by atoms with Gasteiger partial charge in [-0.05, 0) is 14.0 Å². The molecule has 0 bridgehead atoms. The molecule has 2 nitrogen and oxygen atoms in total. The molecule has 4 heteroatoms. The number of hydrogen-bond donors (Lipinski definition) is 1. The van der Waals surface area contributed by atoms with Gasteiger partial charge in [-0.3, -0.25) is 4.90 Å². The van der Waals surface area contributed by atoms with E-state index in [1.165, 1.54) is 6.92 Å². The van der Waals surface area contributed by atoms with Crippen molar-refractivity contribution >= 4 is 0 Å². The fraction of sp³-hybridized carbons (Fsp3) is 1.00. The smallest absolute Gasteiger partial charge is 0.279 e. The van der Waals surface area contributed by atoms with Gasteiger partial charge in [0.2, 0.25) is 0 Å². The van der Waals surface area contributed by atoms with Crippen LogP contribution in [0.1, 0.15) is 6.92 Å². The summed E-state index contributed by atoms with van der Waals surface area (Å²) in [6, 6.07) is 0. The van der Waals surface area contributed by atoms with Crippen LogP contribution in [0, 0.1) is 0 Å². The summed E-state index contributed by atoms with van der Waals surface area (Å²) in [5.74, 6) is -2.73. The zero-order valence-electron chi connectivity index (χ0n) is 6.19. The largest absolute Gasteiger partial charge is 0.319 e. The quantitative estimate of drug-likeness (QED) is 0.537. The van der Waals surface area contributed by atoms with Crippen molar-refractivity contribution in [3.8, 4) is 0 Å². The molecular formula is C6H12F2N2. The van der Waals surface area contributed by atoms with Crippen LogP contribution in [-0.4, -0.2) is 36.5 Å². The first-order valence-electron chi connectivity index (χ1n) is 3.20. The number of nitrogens with zero attached hydrogens (tertiary/aromatic N) is 1. The molecule has 0 spiro atoms. The maximum Gasteiger partial charge on any atom is 0.279 e. The Balaban J connectivity index is 2.78. The van der Waals surface area contributed by atoms with Gasteiger partial charge in [-0.1, -0.05) is 0 Å². The Bertz CT molecular complexity index is 129. The number of alkyl halides is 2. The Kier molecular flexibility index (Phi) is 1.49. The zero-order chi connectivity index (χ0) is 7.99. The van der Waals surface area contributed by atoms with Gasteiger partial charge < -0.3 is 5.73 Å². The minimum Gasteiger partial charge on any atom is -0.319 e. The SMILES string of the molecule is CN1CC(C)(N)C(F)(F)C1. The first kappa shape index (κ1) is 7.88. The van der Waals surface area contributed by atoms with Gasteiger partial charge in [0.25, 0.3) is 5.92 Å². The second kappa shape index (κ2) is 1.89. The maximum absolute atomic E-state index is 12.8. The lowest BCUT2D eigenvalue weighted by atomic mass is 10.00. The van der Waals surface area contributed by atoms with Crippen LogP contribution in [0.25, 0.3) is 0 Å². The van der Waals surface area contributed by atoms with E-state index in [1.807, 2.05) is 0 Å². The predicted octanol–water partition coefficient (Wildman–Crippen LogP) is 0.285. The minimum atomic E-state index is -2.73. The van der Waals surface area contributed by atoms with E-state index in [2.05, 4.69) is 0 Å². The first-order chi connectivity index (χ1) is 4.35. The fourth-order valence-electron chi connectivity index (χ4n) is 1.25. The van der Waals surface area contributed by atoms with E-state index in [0.717, 1.165) is 0 Å². The highest BCUT2D eigenvalue weighted by Gasteiger charge is 2.53. The van der Waals surface area contributed by atoms with E-state index in [1.54, 1.807) is 11.9 Å². The van der Waals surface area contributed by atoms with E-state index in [0.29, 0.717) is 0 Å². The summed E-state index contributed by atoms with van der Waals surface area (Å²) in [4.78, 5) is 1.54. The number of hydrogen-bond acceptors (Lipinski definition) is 2. The molecule has 1 rings (SSSR count). The van der Waals surface area contributed by atoms with Crippen molar-refractivity contribution in [3.05, 3.63) is 0 Å².